The van der Waals surface area contributed by atoms with Crippen LogP contribution >= 0.6 is 0 Å². The standard InChI is InChI=1S/C13H19NO4/c1-3-4-5-6-7-10(15)12-11(16)8-9(2)14(18)13(12)17/h8,16,18H,3-7H2,1-2H3. The zero-order valence-electron chi connectivity index (χ0n) is 10.8. The second-order valence-corrected chi connectivity index (χ2v) is 4.40. The number of unbranched alkanes of at least 4 members (excludes halogenated alkanes) is 3. The van der Waals surface area contributed by atoms with Crippen molar-refractivity contribution in [3.63, 3.8) is 0 Å². The number of nitrogens with zero attached hydrogens (tertiary/aromatic N) is 1. The number of aromatic nitrogens is 1. The van der Waals surface area contributed by atoms with Crippen molar-refractivity contribution in [2.75, 3.05) is 0 Å². The number of aromatic hydroxyl groups is 1. The van der Waals surface area contributed by atoms with Gasteiger partial charge in [0.2, 0.25) is 0 Å². The first-order valence-electron chi connectivity index (χ1n) is 6.17. The Kier molecular flexibility index (Phi) is 4.95. The Bertz CT molecular complexity index is 490. The number of hydrogen-bond donors (Lipinski definition) is 2. The molecule has 0 aliphatic heterocycles. The van der Waals surface area contributed by atoms with Gasteiger partial charge in [-0.25, -0.2) is 0 Å². The molecule has 18 heavy (non-hydrogen) atoms. The van der Waals surface area contributed by atoms with Crippen LogP contribution in [0.3, 0.4) is 0 Å². The summed E-state index contributed by atoms with van der Waals surface area (Å²) in [6, 6.07) is 1.21. The summed E-state index contributed by atoms with van der Waals surface area (Å²) in [5.74, 6) is -0.778. The Balaban J connectivity index is 2.87. The molecular formula is C13H19NO4. The van der Waals surface area contributed by atoms with Crippen molar-refractivity contribution in [2.24, 2.45) is 0 Å². The van der Waals surface area contributed by atoms with E-state index in [2.05, 4.69) is 6.92 Å². The zero-order chi connectivity index (χ0) is 13.7. The van der Waals surface area contributed by atoms with Gasteiger partial charge in [0, 0.05) is 12.5 Å². The maximum absolute atomic E-state index is 11.8. The predicted octanol–water partition coefficient (Wildman–Crippen LogP) is 2.25. The van der Waals surface area contributed by atoms with Gasteiger partial charge in [-0.2, -0.15) is 4.73 Å². The molecule has 100 valence electrons. The first kappa shape index (κ1) is 14.3. The highest BCUT2D eigenvalue weighted by Crippen LogP contribution is 2.17. The maximum Gasteiger partial charge on any atom is 0.297 e. The smallest absolute Gasteiger partial charge is 0.297 e. The highest BCUT2D eigenvalue weighted by atomic mass is 16.5. The molecule has 0 aliphatic rings. The highest BCUT2D eigenvalue weighted by Gasteiger charge is 2.18. The van der Waals surface area contributed by atoms with E-state index in [1.54, 1.807) is 0 Å². The summed E-state index contributed by atoms with van der Waals surface area (Å²) in [4.78, 5) is 23.5. The monoisotopic (exact) mass is 253 g/mol. The summed E-state index contributed by atoms with van der Waals surface area (Å²) < 4.78 is 0.388. The molecule has 1 aromatic rings. The number of hydrogen-bond acceptors (Lipinski definition) is 4. The van der Waals surface area contributed by atoms with Gasteiger partial charge in [0.25, 0.3) is 5.56 Å². The van der Waals surface area contributed by atoms with Gasteiger partial charge in [-0.15, -0.1) is 0 Å². The van der Waals surface area contributed by atoms with Crippen molar-refractivity contribution < 1.29 is 15.1 Å². The number of ketones is 1. The topological polar surface area (TPSA) is 79.5 Å². The van der Waals surface area contributed by atoms with Crippen LogP contribution in [0.5, 0.6) is 5.75 Å². The van der Waals surface area contributed by atoms with E-state index in [1.165, 1.54) is 13.0 Å². The lowest BCUT2D eigenvalue weighted by atomic mass is 10.0. The number of carbonyl (C=O) groups excluding carboxylic acids is 1. The molecule has 0 fully saturated rings. The molecule has 0 bridgehead atoms. The van der Waals surface area contributed by atoms with E-state index in [0.717, 1.165) is 19.3 Å². The summed E-state index contributed by atoms with van der Waals surface area (Å²) in [7, 11) is 0. The fourth-order valence-electron chi connectivity index (χ4n) is 1.81. The summed E-state index contributed by atoms with van der Waals surface area (Å²) >= 11 is 0. The average Bonchev–Trinajstić information content (AvgIpc) is 2.32. The lowest BCUT2D eigenvalue weighted by molar-refractivity contribution is 0.0965. The first-order chi connectivity index (χ1) is 8.49. The minimum atomic E-state index is -0.854. The predicted molar refractivity (Wildman–Crippen MR) is 67.4 cm³/mol. The van der Waals surface area contributed by atoms with Crippen LogP contribution in [0, 0.1) is 6.92 Å². The largest absolute Gasteiger partial charge is 0.507 e. The number of rotatable bonds is 6. The summed E-state index contributed by atoms with van der Waals surface area (Å²) in [5, 5.41) is 19.0. The Morgan fingerprint density at radius 1 is 1.33 bits per heavy atom. The molecule has 1 aromatic heterocycles. The molecule has 1 heterocycles. The molecule has 0 spiro atoms. The third kappa shape index (κ3) is 3.12. The van der Waals surface area contributed by atoms with Crippen LogP contribution < -0.4 is 5.56 Å². The van der Waals surface area contributed by atoms with Gasteiger partial charge in [0.05, 0.1) is 5.69 Å². The van der Waals surface area contributed by atoms with Crippen LogP contribution in [-0.2, 0) is 0 Å². The SMILES string of the molecule is CCCCCCC(=O)c1c(O)cc(C)n(O)c1=O. The lowest BCUT2D eigenvalue weighted by Crippen LogP contribution is -2.26. The fourth-order valence-corrected chi connectivity index (χ4v) is 1.81. The Morgan fingerprint density at radius 2 is 2.00 bits per heavy atom. The van der Waals surface area contributed by atoms with Crippen molar-refractivity contribution in [1.82, 2.24) is 4.73 Å². The molecule has 5 heteroatoms. The fraction of sp³-hybridized carbons (Fsp3) is 0.538. The van der Waals surface area contributed by atoms with Crippen LogP contribution in [0.1, 0.15) is 55.1 Å². The van der Waals surface area contributed by atoms with E-state index in [9.17, 15) is 19.9 Å². The average molecular weight is 253 g/mol. The van der Waals surface area contributed by atoms with E-state index < -0.39 is 11.3 Å². The number of Topliss-reactive ketones (excluding diaryl/α,β-unsaturated/α-hetero) is 1. The van der Waals surface area contributed by atoms with Gasteiger partial charge < -0.3 is 10.3 Å². The van der Waals surface area contributed by atoms with Gasteiger partial charge in [0.15, 0.2) is 5.78 Å². The number of pyridine rings is 1. The summed E-state index contributed by atoms with van der Waals surface area (Å²) in [6.07, 6.45) is 3.92. The highest BCUT2D eigenvalue weighted by molar-refractivity contribution is 5.98. The van der Waals surface area contributed by atoms with Gasteiger partial charge >= 0.3 is 0 Å². The molecule has 0 atom stereocenters. The summed E-state index contributed by atoms with van der Waals surface area (Å²) in [5.41, 5.74) is -0.979. The Labute approximate surface area is 106 Å². The Hall–Kier alpha value is -1.78. The molecule has 2 N–H and O–H groups in total. The first-order valence-corrected chi connectivity index (χ1v) is 6.17. The minimum absolute atomic E-state index is 0.194. The number of carbonyl (C=O) groups is 1. The van der Waals surface area contributed by atoms with E-state index in [-0.39, 0.29) is 23.4 Å². The zero-order valence-corrected chi connectivity index (χ0v) is 10.8. The quantitative estimate of drug-likeness (QED) is 0.463. The van der Waals surface area contributed by atoms with E-state index in [1.807, 2.05) is 0 Å². The normalized spacial score (nSPS) is 10.6. The second kappa shape index (κ2) is 6.23. The van der Waals surface area contributed by atoms with Gasteiger partial charge in [-0.3, -0.25) is 9.59 Å². The van der Waals surface area contributed by atoms with Gasteiger partial charge in [-0.05, 0) is 13.3 Å². The number of aryl methyl sites for hydroxylation is 1. The van der Waals surface area contributed by atoms with E-state index in [0.29, 0.717) is 11.2 Å². The van der Waals surface area contributed by atoms with Gasteiger partial charge in [0.1, 0.15) is 11.3 Å². The molecule has 0 unspecified atom stereocenters. The molecule has 0 radical (unpaired) electrons. The summed E-state index contributed by atoms with van der Waals surface area (Å²) in [6.45, 7) is 3.54. The molecule has 0 aromatic carbocycles. The second-order valence-electron chi connectivity index (χ2n) is 4.40. The van der Waals surface area contributed by atoms with Crippen LogP contribution in [-0.4, -0.2) is 20.8 Å². The third-order valence-electron chi connectivity index (χ3n) is 2.88. The molecule has 1 rings (SSSR count). The lowest BCUT2D eigenvalue weighted by Gasteiger charge is -2.07. The van der Waals surface area contributed by atoms with E-state index in [4.69, 9.17) is 0 Å². The van der Waals surface area contributed by atoms with Crippen LogP contribution in [0.2, 0.25) is 0 Å². The molecular weight excluding hydrogens is 234 g/mol. The maximum atomic E-state index is 11.8. The minimum Gasteiger partial charge on any atom is -0.507 e. The Morgan fingerprint density at radius 3 is 2.61 bits per heavy atom. The van der Waals surface area contributed by atoms with Crippen LogP contribution in [0.25, 0.3) is 0 Å². The van der Waals surface area contributed by atoms with Crippen LogP contribution in [0.4, 0.5) is 0 Å². The van der Waals surface area contributed by atoms with Crippen molar-refractivity contribution in [3.05, 3.63) is 27.7 Å². The van der Waals surface area contributed by atoms with Gasteiger partial charge in [-0.1, -0.05) is 26.2 Å². The molecule has 5 nitrogen and oxygen atoms in total. The van der Waals surface area contributed by atoms with Crippen molar-refractivity contribution in [1.29, 1.82) is 0 Å². The molecule has 0 aliphatic carbocycles. The van der Waals surface area contributed by atoms with Crippen molar-refractivity contribution >= 4 is 5.78 Å². The van der Waals surface area contributed by atoms with Crippen molar-refractivity contribution in [2.45, 2.75) is 46.0 Å². The van der Waals surface area contributed by atoms with Crippen LogP contribution in [0.15, 0.2) is 10.9 Å². The molecule has 0 saturated carbocycles. The third-order valence-corrected chi connectivity index (χ3v) is 2.88. The van der Waals surface area contributed by atoms with E-state index >= 15 is 0 Å². The molecule has 0 amide bonds. The molecule has 0 saturated heterocycles. The van der Waals surface area contributed by atoms with Crippen molar-refractivity contribution in [3.8, 4) is 5.75 Å².